The van der Waals surface area contributed by atoms with Gasteiger partial charge in [-0.25, -0.2) is 4.39 Å². The molecule has 0 saturated carbocycles. The van der Waals surface area contributed by atoms with Gasteiger partial charge in [0, 0.05) is 55.2 Å². The fourth-order valence-corrected chi connectivity index (χ4v) is 2.88. The third-order valence-corrected chi connectivity index (χ3v) is 4.07. The van der Waals surface area contributed by atoms with E-state index < -0.39 is 0 Å². The topological polar surface area (TPSA) is 28.2 Å². The molecule has 0 radical (unpaired) electrons. The van der Waals surface area contributed by atoms with Crippen LogP contribution in [0, 0.1) is 5.82 Å². The Morgan fingerprint density at radius 3 is 2.77 bits per heavy atom. The molecule has 0 aliphatic carbocycles. The Morgan fingerprint density at radius 1 is 1.27 bits per heavy atom. The molecule has 1 fully saturated rings. The Morgan fingerprint density at radius 2 is 2.05 bits per heavy atom. The molecule has 1 aliphatic heterocycles. The van der Waals surface area contributed by atoms with E-state index in [1.54, 1.807) is 24.5 Å². The van der Waals surface area contributed by atoms with E-state index >= 15 is 0 Å². The smallest absolute Gasteiger partial charge is 0.129 e. The highest BCUT2D eigenvalue weighted by Crippen LogP contribution is 2.25. The number of nitrogens with one attached hydrogen (secondary N) is 1. The fraction of sp³-hybridized carbons (Fsp3) is 0.312. The van der Waals surface area contributed by atoms with Crippen LogP contribution in [0.2, 0.25) is 5.02 Å². The molecule has 0 amide bonds. The molecule has 3 nitrogen and oxygen atoms in total. The second-order valence-corrected chi connectivity index (χ2v) is 5.64. The lowest BCUT2D eigenvalue weighted by molar-refractivity contribution is 0.152. The molecule has 1 atom stereocenters. The number of halogens is 3. The predicted molar refractivity (Wildman–Crippen MR) is 88.9 cm³/mol. The summed E-state index contributed by atoms with van der Waals surface area (Å²) in [6.07, 6.45) is 3.59. The van der Waals surface area contributed by atoms with Gasteiger partial charge in [-0.05, 0) is 29.8 Å². The van der Waals surface area contributed by atoms with Crippen molar-refractivity contribution in [1.82, 2.24) is 15.2 Å². The minimum atomic E-state index is -0.241. The van der Waals surface area contributed by atoms with E-state index in [2.05, 4.69) is 15.2 Å². The number of hydrogen-bond donors (Lipinski definition) is 1. The van der Waals surface area contributed by atoms with Gasteiger partial charge in [0.05, 0.1) is 0 Å². The zero-order chi connectivity index (χ0) is 14.7. The molecular weight excluding hydrogens is 324 g/mol. The maximum Gasteiger partial charge on any atom is 0.129 e. The van der Waals surface area contributed by atoms with Crippen LogP contribution < -0.4 is 5.32 Å². The molecule has 0 bridgehead atoms. The van der Waals surface area contributed by atoms with Crippen LogP contribution in [0.15, 0.2) is 42.7 Å². The molecule has 2 heterocycles. The number of rotatable bonds is 3. The summed E-state index contributed by atoms with van der Waals surface area (Å²) < 4.78 is 14.0. The van der Waals surface area contributed by atoms with Crippen LogP contribution in [0.1, 0.15) is 17.2 Å². The minimum absolute atomic E-state index is 0. The Labute approximate surface area is 140 Å². The highest BCUT2D eigenvalue weighted by molar-refractivity contribution is 6.30. The van der Waals surface area contributed by atoms with Crippen molar-refractivity contribution in [2.75, 3.05) is 19.6 Å². The van der Waals surface area contributed by atoms with Gasteiger partial charge in [-0.1, -0.05) is 17.7 Å². The highest BCUT2D eigenvalue weighted by atomic mass is 35.5. The van der Waals surface area contributed by atoms with Crippen molar-refractivity contribution in [2.45, 2.75) is 12.6 Å². The molecule has 1 saturated heterocycles. The Bertz CT molecular complexity index is 610. The molecular formula is C16H18Cl2FN3. The minimum Gasteiger partial charge on any atom is -0.314 e. The Balaban J connectivity index is 0.00000176. The first-order valence-corrected chi connectivity index (χ1v) is 7.40. The van der Waals surface area contributed by atoms with E-state index in [1.165, 1.54) is 11.6 Å². The van der Waals surface area contributed by atoms with Crippen molar-refractivity contribution in [1.29, 1.82) is 0 Å². The second kappa shape index (κ2) is 7.88. The van der Waals surface area contributed by atoms with Gasteiger partial charge in [0.15, 0.2) is 0 Å². The molecule has 1 unspecified atom stereocenters. The van der Waals surface area contributed by atoms with Crippen molar-refractivity contribution in [2.24, 2.45) is 0 Å². The second-order valence-electron chi connectivity index (χ2n) is 5.21. The number of nitrogens with zero attached hydrogens (tertiary/aromatic N) is 2. The van der Waals surface area contributed by atoms with Gasteiger partial charge in [0.1, 0.15) is 5.82 Å². The van der Waals surface area contributed by atoms with Crippen LogP contribution >= 0.6 is 24.0 Å². The van der Waals surface area contributed by atoms with E-state index in [-0.39, 0.29) is 24.3 Å². The number of hydrogen-bond acceptors (Lipinski definition) is 3. The quantitative estimate of drug-likeness (QED) is 0.926. The first kappa shape index (κ1) is 17.2. The molecule has 0 spiro atoms. The fourth-order valence-electron chi connectivity index (χ4n) is 2.72. The zero-order valence-corrected chi connectivity index (χ0v) is 13.6. The van der Waals surface area contributed by atoms with Gasteiger partial charge in [0.25, 0.3) is 0 Å². The molecule has 1 aromatic heterocycles. The van der Waals surface area contributed by atoms with Gasteiger partial charge < -0.3 is 5.32 Å². The molecule has 1 aliphatic rings. The standard InChI is InChI=1S/C16H17ClFN3.ClH/c17-14-2-1-13(15(18)9-14)11-21-8-7-20-10-16(21)12-3-5-19-6-4-12;/h1-6,9,16,20H,7-8,10-11H2;1H. The number of aromatic nitrogens is 1. The average molecular weight is 342 g/mol. The van der Waals surface area contributed by atoms with Gasteiger partial charge in [-0.15, -0.1) is 12.4 Å². The molecule has 22 heavy (non-hydrogen) atoms. The summed E-state index contributed by atoms with van der Waals surface area (Å²) >= 11 is 5.81. The van der Waals surface area contributed by atoms with E-state index in [0.29, 0.717) is 17.1 Å². The van der Waals surface area contributed by atoms with Gasteiger partial charge in [-0.2, -0.15) is 0 Å². The van der Waals surface area contributed by atoms with Crippen LogP contribution in [0.5, 0.6) is 0 Å². The van der Waals surface area contributed by atoms with E-state index in [0.717, 1.165) is 19.6 Å². The molecule has 3 rings (SSSR count). The molecule has 1 aromatic carbocycles. The summed E-state index contributed by atoms with van der Waals surface area (Å²) in [4.78, 5) is 6.35. The van der Waals surface area contributed by atoms with Crippen LogP contribution in [0.3, 0.4) is 0 Å². The third kappa shape index (κ3) is 3.96. The van der Waals surface area contributed by atoms with E-state index in [4.69, 9.17) is 11.6 Å². The zero-order valence-electron chi connectivity index (χ0n) is 12.0. The Kier molecular flexibility index (Phi) is 6.15. The number of benzene rings is 1. The largest absolute Gasteiger partial charge is 0.314 e. The molecule has 118 valence electrons. The van der Waals surface area contributed by atoms with Gasteiger partial charge in [-0.3, -0.25) is 9.88 Å². The number of pyridine rings is 1. The highest BCUT2D eigenvalue weighted by Gasteiger charge is 2.24. The molecule has 1 N–H and O–H groups in total. The van der Waals surface area contributed by atoms with Crippen LogP contribution in [-0.2, 0) is 6.54 Å². The van der Waals surface area contributed by atoms with Gasteiger partial charge in [0.2, 0.25) is 0 Å². The lowest BCUT2D eigenvalue weighted by Gasteiger charge is -2.36. The molecule has 2 aromatic rings. The first-order chi connectivity index (χ1) is 10.2. The summed E-state index contributed by atoms with van der Waals surface area (Å²) in [5.41, 5.74) is 1.88. The summed E-state index contributed by atoms with van der Waals surface area (Å²) in [6.45, 7) is 3.24. The average Bonchev–Trinajstić information content (AvgIpc) is 2.51. The van der Waals surface area contributed by atoms with Crippen molar-refractivity contribution < 1.29 is 4.39 Å². The summed E-state index contributed by atoms with van der Waals surface area (Å²) in [6, 6.07) is 9.15. The maximum atomic E-state index is 14.0. The summed E-state index contributed by atoms with van der Waals surface area (Å²) in [5.74, 6) is -0.241. The molecule has 6 heteroatoms. The predicted octanol–water partition coefficient (Wildman–Crippen LogP) is 3.44. The first-order valence-electron chi connectivity index (χ1n) is 7.02. The van der Waals surface area contributed by atoms with Crippen LogP contribution in [0.4, 0.5) is 4.39 Å². The van der Waals surface area contributed by atoms with Crippen LogP contribution in [-0.4, -0.2) is 29.5 Å². The Hall–Kier alpha value is -1.20. The van der Waals surface area contributed by atoms with Gasteiger partial charge >= 0.3 is 0 Å². The lowest BCUT2D eigenvalue weighted by Crippen LogP contribution is -2.45. The third-order valence-electron chi connectivity index (χ3n) is 3.83. The van der Waals surface area contributed by atoms with Crippen LogP contribution in [0.25, 0.3) is 0 Å². The van der Waals surface area contributed by atoms with E-state index in [9.17, 15) is 4.39 Å². The SMILES string of the molecule is Cl.Fc1cc(Cl)ccc1CN1CCNCC1c1ccncc1. The normalized spacial score (nSPS) is 18.7. The lowest BCUT2D eigenvalue weighted by atomic mass is 10.0. The van der Waals surface area contributed by atoms with E-state index in [1.807, 2.05) is 12.1 Å². The number of piperazine rings is 1. The maximum absolute atomic E-state index is 14.0. The monoisotopic (exact) mass is 341 g/mol. The van der Waals surface area contributed by atoms with Crippen molar-refractivity contribution >= 4 is 24.0 Å². The van der Waals surface area contributed by atoms with Crippen molar-refractivity contribution in [3.05, 3.63) is 64.7 Å². The van der Waals surface area contributed by atoms with Crippen molar-refractivity contribution in [3.63, 3.8) is 0 Å². The summed E-state index contributed by atoms with van der Waals surface area (Å²) in [7, 11) is 0. The van der Waals surface area contributed by atoms with Crippen molar-refractivity contribution in [3.8, 4) is 0 Å². The summed E-state index contributed by atoms with van der Waals surface area (Å²) in [5, 5.41) is 3.83.